The molecule has 1 aromatic rings. The van der Waals surface area contributed by atoms with Crippen molar-refractivity contribution in [2.75, 3.05) is 12.4 Å². The van der Waals surface area contributed by atoms with Crippen molar-refractivity contribution in [3.8, 4) is 0 Å². The van der Waals surface area contributed by atoms with E-state index in [-0.39, 0.29) is 12.6 Å². The van der Waals surface area contributed by atoms with E-state index in [1.807, 2.05) is 18.7 Å². The van der Waals surface area contributed by atoms with E-state index in [4.69, 9.17) is 10.8 Å². The van der Waals surface area contributed by atoms with Gasteiger partial charge in [-0.3, -0.25) is 0 Å². The van der Waals surface area contributed by atoms with Gasteiger partial charge in [-0.1, -0.05) is 13.0 Å². The fourth-order valence-corrected chi connectivity index (χ4v) is 3.65. The maximum Gasteiger partial charge on any atom is 0.0539 e. The molecular weight excluding hydrogens is 226 g/mol. The van der Waals surface area contributed by atoms with Crippen molar-refractivity contribution < 1.29 is 5.11 Å². The van der Waals surface area contributed by atoms with Crippen LogP contribution in [0.5, 0.6) is 0 Å². The minimum atomic E-state index is 0.152. The third-order valence-electron chi connectivity index (χ3n) is 2.17. The van der Waals surface area contributed by atoms with Gasteiger partial charge in [0.2, 0.25) is 0 Å². The van der Waals surface area contributed by atoms with Crippen LogP contribution < -0.4 is 5.73 Å². The number of hydrogen-bond acceptors (Lipinski definition) is 4. The lowest BCUT2D eigenvalue weighted by atomic mass is 10.2. The molecule has 3 N–H and O–H groups in total. The number of nitrogens with two attached hydrogens (primary N) is 1. The van der Waals surface area contributed by atoms with Crippen molar-refractivity contribution >= 4 is 23.1 Å². The molecule has 0 aliphatic heterocycles. The summed E-state index contributed by atoms with van der Waals surface area (Å²) in [5, 5.41) is 11.4. The van der Waals surface area contributed by atoms with E-state index >= 15 is 0 Å². The molecule has 0 spiro atoms. The normalized spacial score (nSPS) is 17.3. The summed E-state index contributed by atoms with van der Waals surface area (Å²) in [6.07, 6.45) is 0. The summed E-state index contributed by atoms with van der Waals surface area (Å²) in [6, 6.07) is 4.35. The van der Waals surface area contributed by atoms with Crippen LogP contribution in [0.25, 0.3) is 0 Å². The first-order valence-electron chi connectivity index (χ1n) is 5.16. The summed E-state index contributed by atoms with van der Waals surface area (Å²) in [6.45, 7) is 4.35. The predicted octanol–water partition coefficient (Wildman–Crippen LogP) is 2.50. The van der Waals surface area contributed by atoms with Gasteiger partial charge in [0.05, 0.1) is 5.25 Å². The van der Waals surface area contributed by atoms with Crippen molar-refractivity contribution in [3.05, 3.63) is 22.4 Å². The lowest BCUT2D eigenvalue weighted by Crippen LogP contribution is -2.23. The molecular formula is C11H19NOS2. The smallest absolute Gasteiger partial charge is 0.0539 e. The largest absolute Gasteiger partial charge is 0.396 e. The molecule has 0 fully saturated rings. The Balaban J connectivity index is 2.53. The van der Waals surface area contributed by atoms with Gasteiger partial charge in [0, 0.05) is 17.5 Å². The van der Waals surface area contributed by atoms with Crippen LogP contribution in [0.15, 0.2) is 17.5 Å². The predicted molar refractivity (Wildman–Crippen MR) is 69.4 cm³/mol. The monoisotopic (exact) mass is 245 g/mol. The first kappa shape index (κ1) is 13.0. The van der Waals surface area contributed by atoms with Crippen LogP contribution in [-0.2, 0) is 0 Å². The molecule has 0 amide bonds. The van der Waals surface area contributed by atoms with Gasteiger partial charge in [-0.25, -0.2) is 0 Å². The molecule has 3 unspecified atom stereocenters. The van der Waals surface area contributed by atoms with Crippen LogP contribution in [0, 0.1) is 5.92 Å². The molecule has 0 saturated heterocycles. The van der Waals surface area contributed by atoms with Gasteiger partial charge in [-0.15, -0.1) is 11.3 Å². The zero-order valence-corrected chi connectivity index (χ0v) is 10.9. The Morgan fingerprint density at radius 2 is 2.27 bits per heavy atom. The highest BCUT2D eigenvalue weighted by Crippen LogP contribution is 2.35. The molecule has 3 atom stereocenters. The van der Waals surface area contributed by atoms with Gasteiger partial charge in [0.1, 0.15) is 0 Å². The summed E-state index contributed by atoms with van der Waals surface area (Å²) in [5.41, 5.74) is 5.98. The number of hydrogen-bond donors (Lipinski definition) is 2. The summed E-state index contributed by atoms with van der Waals surface area (Å²) in [5.74, 6) is 1.30. The topological polar surface area (TPSA) is 46.2 Å². The molecule has 86 valence electrons. The number of thiophene rings is 1. The molecule has 0 aliphatic rings. The fourth-order valence-electron chi connectivity index (χ4n) is 1.27. The quantitative estimate of drug-likeness (QED) is 0.809. The second kappa shape index (κ2) is 6.53. The van der Waals surface area contributed by atoms with Crippen LogP contribution in [-0.4, -0.2) is 23.5 Å². The Morgan fingerprint density at radius 3 is 2.73 bits per heavy atom. The molecule has 15 heavy (non-hydrogen) atoms. The second-order valence-corrected chi connectivity index (χ2v) is 6.07. The van der Waals surface area contributed by atoms with Crippen LogP contribution in [0.4, 0.5) is 0 Å². The highest BCUT2D eigenvalue weighted by molar-refractivity contribution is 7.99. The fraction of sp³-hybridized carbons (Fsp3) is 0.636. The third-order valence-corrected chi connectivity index (χ3v) is 5.08. The average Bonchev–Trinajstić information content (AvgIpc) is 2.70. The Hall–Kier alpha value is -0.0300. The molecule has 4 heteroatoms. The van der Waals surface area contributed by atoms with E-state index in [2.05, 4.69) is 24.4 Å². The number of thioether (sulfide) groups is 1. The van der Waals surface area contributed by atoms with E-state index in [1.54, 1.807) is 11.3 Å². The van der Waals surface area contributed by atoms with Gasteiger partial charge < -0.3 is 10.8 Å². The van der Waals surface area contributed by atoms with E-state index < -0.39 is 0 Å². The average molecular weight is 245 g/mol. The molecule has 0 bridgehead atoms. The summed E-state index contributed by atoms with van der Waals surface area (Å²) in [7, 11) is 0. The Bertz CT molecular complexity index is 262. The Labute approximate surface area is 99.9 Å². The summed E-state index contributed by atoms with van der Waals surface area (Å²) in [4.78, 5) is 1.33. The zero-order valence-electron chi connectivity index (χ0n) is 9.22. The highest BCUT2D eigenvalue weighted by Gasteiger charge is 2.18. The molecule has 0 aliphatic carbocycles. The van der Waals surface area contributed by atoms with Gasteiger partial charge in [0.25, 0.3) is 0 Å². The highest BCUT2D eigenvalue weighted by atomic mass is 32.2. The Morgan fingerprint density at radius 1 is 1.53 bits per heavy atom. The summed E-state index contributed by atoms with van der Waals surface area (Å²) >= 11 is 3.60. The summed E-state index contributed by atoms with van der Waals surface area (Å²) < 4.78 is 0. The SMILES string of the molecule is CC(CO)CSC(c1cccs1)C(C)N. The number of rotatable bonds is 6. The molecule has 1 rings (SSSR count). The second-order valence-electron chi connectivity index (χ2n) is 3.92. The Kier molecular flexibility index (Phi) is 5.68. The molecule has 1 aromatic heterocycles. The zero-order chi connectivity index (χ0) is 11.3. The van der Waals surface area contributed by atoms with Gasteiger partial charge >= 0.3 is 0 Å². The van der Waals surface area contributed by atoms with E-state index in [0.717, 1.165) is 5.75 Å². The minimum absolute atomic E-state index is 0.152. The molecule has 0 saturated carbocycles. The maximum absolute atomic E-state index is 8.97. The standard InChI is InChI=1S/C11H19NOS2/c1-8(6-13)7-15-11(9(2)12)10-4-3-5-14-10/h3-5,8-9,11,13H,6-7,12H2,1-2H3. The maximum atomic E-state index is 8.97. The van der Waals surface area contributed by atoms with Crippen LogP contribution in [0.3, 0.4) is 0 Å². The lowest BCUT2D eigenvalue weighted by Gasteiger charge is -2.20. The first-order valence-corrected chi connectivity index (χ1v) is 7.09. The number of aliphatic hydroxyl groups excluding tert-OH is 1. The van der Waals surface area contributed by atoms with Crippen molar-refractivity contribution in [1.82, 2.24) is 0 Å². The van der Waals surface area contributed by atoms with E-state index in [1.165, 1.54) is 4.88 Å². The van der Waals surface area contributed by atoms with E-state index in [9.17, 15) is 0 Å². The first-order chi connectivity index (χ1) is 7.15. The van der Waals surface area contributed by atoms with Crippen LogP contribution >= 0.6 is 23.1 Å². The van der Waals surface area contributed by atoms with Gasteiger partial charge in [0.15, 0.2) is 0 Å². The van der Waals surface area contributed by atoms with Crippen molar-refractivity contribution in [1.29, 1.82) is 0 Å². The third kappa shape index (κ3) is 4.15. The molecule has 1 heterocycles. The van der Waals surface area contributed by atoms with Crippen molar-refractivity contribution in [2.45, 2.75) is 25.1 Å². The van der Waals surface area contributed by atoms with Gasteiger partial charge in [-0.05, 0) is 30.0 Å². The van der Waals surface area contributed by atoms with Crippen molar-refractivity contribution in [3.63, 3.8) is 0 Å². The number of aliphatic hydroxyl groups is 1. The molecule has 0 radical (unpaired) electrons. The minimum Gasteiger partial charge on any atom is -0.396 e. The van der Waals surface area contributed by atoms with Crippen LogP contribution in [0.2, 0.25) is 0 Å². The lowest BCUT2D eigenvalue weighted by molar-refractivity contribution is 0.250. The van der Waals surface area contributed by atoms with E-state index in [0.29, 0.717) is 11.2 Å². The van der Waals surface area contributed by atoms with Gasteiger partial charge in [-0.2, -0.15) is 11.8 Å². The molecule has 2 nitrogen and oxygen atoms in total. The molecule has 0 aromatic carbocycles. The van der Waals surface area contributed by atoms with Crippen molar-refractivity contribution in [2.24, 2.45) is 11.7 Å². The van der Waals surface area contributed by atoms with Crippen LogP contribution in [0.1, 0.15) is 24.0 Å².